The van der Waals surface area contributed by atoms with Gasteiger partial charge in [-0.2, -0.15) is 0 Å². The molecule has 1 heterocycles. The fourth-order valence-corrected chi connectivity index (χ4v) is 2.85. The molecule has 2 rings (SSSR count). The van der Waals surface area contributed by atoms with Crippen LogP contribution in [0.2, 0.25) is 0 Å². The SMILES string of the molecule is COCCN(CC(=O)O)C(=O)[C@@H]1CC(=O)N(c2ccccc2OC)C1. The van der Waals surface area contributed by atoms with E-state index in [1.807, 2.05) is 0 Å². The number of carboxylic acid groups (broad SMARTS) is 1. The van der Waals surface area contributed by atoms with Crippen molar-refractivity contribution < 1.29 is 29.0 Å². The molecule has 8 heteroatoms. The highest BCUT2D eigenvalue weighted by molar-refractivity contribution is 6.01. The van der Waals surface area contributed by atoms with Gasteiger partial charge in [0, 0.05) is 26.6 Å². The van der Waals surface area contributed by atoms with E-state index in [2.05, 4.69) is 0 Å². The van der Waals surface area contributed by atoms with Gasteiger partial charge in [0.2, 0.25) is 11.8 Å². The van der Waals surface area contributed by atoms with Crippen molar-refractivity contribution in [1.29, 1.82) is 0 Å². The standard InChI is InChI=1S/C17H22N2O6/c1-24-8-7-18(11-16(21)22)17(23)12-9-15(20)19(10-12)13-5-3-4-6-14(13)25-2/h3-6,12H,7-11H2,1-2H3,(H,21,22)/t12-/m1/s1. The fraction of sp³-hybridized carbons (Fsp3) is 0.471. The molecule has 1 aliphatic heterocycles. The summed E-state index contributed by atoms with van der Waals surface area (Å²) in [4.78, 5) is 38.8. The number of para-hydroxylation sites is 2. The smallest absolute Gasteiger partial charge is 0.323 e. The predicted molar refractivity (Wildman–Crippen MR) is 89.5 cm³/mol. The van der Waals surface area contributed by atoms with E-state index in [1.165, 1.54) is 24.0 Å². The van der Waals surface area contributed by atoms with E-state index in [-0.39, 0.29) is 37.9 Å². The van der Waals surface area contributed by atoms with Gasteiger partial charge in [0.15, 0.2) is 0 Å². The van der Waals surface area contributed by atoms with Crippen LogP contribution < -0.4 is 9.64 Å². The van der Waals surface area contributed by atoms with E-state index in [4.69, 9.17) is 14.6 Å². The first kappa shape index (κ1) is 18.7. The van der Waals surface area contributed by atoms with Gasteiger partial charge in [-0.1, -0.05) is 12.1 Å². The maximum Gasteiger partial charge on any atom is 0.323 e. The lowest BCUT2D eigenvalue weighted by Crippen LogP contribution is -2.42. The Kier molecular flexibility index (Phi) is 6.35. The number of rotatable bonds is 8. The summed E-state index contributed by atoms with van der Waals surface area (Å²) in [5.41, 5.74) is 0.604. The number of nitrogens with zero attached hydrogens (tertiary/aromatic N) is 2. The summed E-state index contributed by atoms with van der Waals surface area (Å²) in [6, 6.07) is 7.08. The summed E-state index contributed by atoms with van der Waals surface area (Å²) in [5, 5.41) is 9.00. The van der Waals surface area contributed by atoms with Crippen LogP contribution in [0.1, 0.15) is 6.42 Å². The molecule has 0 spiro atoms. The number of hydrogen-bond donors (Lipinski definition) is 1. The lowest BCUT2D eigenvalue weighted by atomic mass is 10.1. The Labute approximate surface area is 145 Å². The van der Waals surface area contributed by atoms with E-state index in [0.29, 0.717) is 11.4 Å². The van der Waals surface area contributed by atoms with Crippen molar-refractivity contribution in [3.63, 3.8) is 0 Å². The van der Waals surface area contributed by atoms with Crippen molar-refractivity contribution in [3.05, 3.63) is 24.3 Å². The maximum atomic E-state index is 12.7. The van der Waals surface area contributed by atoms with Crippen molar-refractivity contribution in [1.82, 2.24) is 4.90 Å². The van der Waals surface area contributed by atoms with Crippen molar-refractivity contribution >= 4 is 23.5 Å². The van der Waals surface area contributed by atoms with E-state index in [1.54, 1.807) is 24.3 Å². The number of ether oxygens (including phenoxy) is 2. The highest BCUT2D eigenvalue weighted by atomic mass is 16.5. The molecule has 0 aromatic heterocycles. The molecular weight excluding hydrogens is 328 g/mol. The van der Waals surface area contributed by atoms with Crippen LogP contribution in [0.5, 0.6) is 5.75 Å². The van der Waals surface area contributed by atoms with Gasteiger partial charge in [0.25, 0.3) is 0 Å². The molecule has 0 bridgehead atoms. The first-order chi connectivity index (χ1) is 12.0. The highest BCUT2D eigenvalue weighted by Crippen LogP contribution is 2.33. The summed E-state index contributed by atoms with van der Waals surface area (Å²) in [6.45, 7) is 0.180. The van der Waals surface area contributed by atoms with Gasteiger partial charge in [-0.3, -0.25) is 14.4 Å². The Morgan fingerprint density at radius 3 is 2.68 bits per heavy atom. The Morgan fingerprint density at radius 1 is 1.32 bits per heavy atom. The van der Waals surface area contributed by atoms with Gasteiger partial charge >= 0.3 is 5.97 Å². The summed E-state index contributed by atoms with van der Waals surface area (Å²) < 4.78 is 10.2. The predicted octanol–water partition coefficient (Wildman–Crippen LogP) is 0.608. The third kappa shape index (κ3) is 4.48. The minimum absolute atomic E-state index is 0.0416. The number of methoxy groups -OCH3 is 2. The summed E-state index contributed by atoms with van der Waals surface area (Å²) in [7, 11) is 2.99. The van der Waals surface area contributed by atoms with Crippen molar-refractivity contribution in [2.75, 3.05) is 45.4 Å². The Morgan fingerprint density at radius 2 is 2.04 bits per heavy atom. The molecule has 8 nitrogen and oxygen atoms in total. The topological polar surface area (TPSA) is 96.4 Å². The van der Waals surface area contributed by atoms with Gasteiger partial charge in [-0.15, -0.1) is 0 Å². The largest absolute Gasteiger partial charge is 0.495 e. The van der Waals surface area contributed by atoms with Crippen LogP contribution in [0, 0.1) is 5.92 Å². The van der Waals surface area contributed by atoms with Gasteiger partial charge in [0.1, 0.15) is 12.3 Å². The monoisotopic (exact) mass is 350 g/mol. The van der Waals surface area contributed by atoms with Crippen LogP contribution >= 0.6 is 0 Å². The maximum absolute atomic E-state index is 12.7. The molecule has 2 amide bonds. The number of amides is 2. The van der Waals surface area contributed by atoms with E-state index < -0.39 is 18.4 Å². The number of carbonyl (C=O) groups is 3. The molecule has 0 unspecified atom stereocenters. The molecule has 1 aromatic carbocycles. The van der Waals surface area contributed by atoms with E-state index in [9.17, 15) is 14.4 Å². The molecule has 0 aliphatic carbocycles. The van der Waals surface area contributed by atoms with Crippen LogP contribution in [-0.4, -0.2) is 68.3 Å². The lowest BCUT2D eigenvalue weighted by Gasteiger charge is -2.24. The van der Waals surface area contributed by atoms with Crippen molar-refractivity contribution in [2.24, 2.45) is 5.92 Å². The summed E-state index contributed by atoms with van der Waals surface area (Å²) >= 11 is 0. The molecule has 1 aliphatic rings. The molecule has 1 aromatic rings. The van der Waals surface area contributed by atoms with Crippen molar-refractivity contribution in [2.45, 2.75) is 6.42 Å². The zero-order valence-corrected chi connectivity index (χ0v) is 14.3. The molecule has 1 N–H and O–H groups in total. The van der Waals surface area contributed by atoms with Gasteiger partial charge in [0.05, 0.1) is 25.3 Å². The number of hydrogen-bond acceptors (Lipinski definition) is 5. The zero-order chi connectivity index (χ0) is 18.4. The third-order valence-electron chi connectivity index (χ3n) is 4.05. The first-order valence-electron chi connectivity index (χ1n) is 7.90. The molecule has 25 heavy (non-hydrogen) atoms. The fourth-order valence-electron chi connectivity index (χ4n) is 2.85. The van der Waals surface area contributed by atoms with Crippen LogP contribution in [0.3, 0.4) is 0 Å². The highest BCUT2D eigenvalue weighted by Gasteiger charge is 2.38. The Hall–Kier alpha value is -2.61. The first-order valence-corrected chi connectivity index (χ1v) is 7.90. The molecule has 1 fully saturated rings. The number of aliphatic carboxylic acids is 1. The third-order valence-corrected chi connectivity index (χ3v) is 4.05. The minimum atomic E-state index is -1.10. The number of carbonyl (C=O) groups excluding carboxylic acids is 2. The minimum Gasteiger partial charge on any atom is -0.495 e. The van der Waals surface area contributed by atoms with Crippen LogP contribution in [0.25, 0.3) is 0 Å². The Balaban J connectivity index is 2.14. The average molecular weight is 350 g/mol. The zero-order valence-electron chi connectivity index (χ0n) is 14.3. The summed E-state index contributed by atoms with van der Waals surface area (Å²) in [6.07, 6.45) is 0.0416. The van der Waals surface area contributed by atoms with Gasteiger partial charge in [-0.05, 0) is 12.1 Å². The van der Waals surface area contributed by atoms with E-state index >= 15 is 0 Å². The van der Waals surface area contributed by atoms with Gasteiger partial charge < -0.3 is 24.4 Å². The molecule has 1 atom stereocenters. The van der Waals surface area contributed by atoms with Crippen LogP contribution in [-0.2, 0) is 19.1 Å². The molecule has 0 radical (unpaired) electrons. The lowest BCUT2D eigenvalue weighted by molar-refractivity contribution is -0.146. The number of benzene rings is 1. The van der Waals surface area contributed by atoms with Crippen LogP contribution in [0.15, 0.2) is 24.3 Å². The second-order valence-corrected chi connectivity index (χ2v) is 5.72. The molecule has 0 saturated carbocycles. The number of anilines is 1. The molecule has 136 valence electrons. The van der Waals surface area contributed by atoms with E-state index in [0.717, 1.165) is 0 Å². The van der Waals surface area contributed by atoms with Gasteiger partial charge in [-0.25, -0.2) is 0 Å². The van der Waals surface area contributed by atoms with Crippen molar-refractivity contribution in [3.8, 4) is 5.75 Å². The Bertz CT molecular complexity index is 648. The second-order valence-electron chi connectivity index (χ2n) is 5.72. The van der Waals surface area contributed by atoms with Crippen LogP contribution in [0.4, 0.5) is 5.69 Å². The summed E-state index contributed by atoms with van der Waals surface area (Å²) in [5.74, 6) is -1.69. The quantitative estimate of drug-likeness (QED) is 0.738. The second kappa shape index (κ2) is 8.48. The molecule has 1 saturated heterocycles. The normalized spacial score (nSPS) is 16.8. The molecular formula is C17H22N2O6. The number of carboxylic acids is 1. The average Bonchev–Trinajstić information content (AvgIpc) is 2.99.